The second kappa shape index (κ2) is 6.17. The number of hydrogen-bond donors (Lipinski definition) is 1. The molecule has 2 aromatic rings. The molecule has 0 radical (unpaired) electrons. The van der Waals surface area contributed by atoms with Gasteiger partial charge in [-0.2, -0.15) is 0 Å². The van der Waals surface area contributed by atoms with E-state index < -0.39 is 0 Å². The van der Waals surface area contributed by atoms with Gasteiger partial charge in [0.25, 0.3) is 0 Å². The van der Waals surface area contributed by atoms with Gasteiger partial charge in [0.05, 0.1) is 0 Å². The molecular formula is C14H19N5S. The maximum Gasteiger partial charge on any atom is 0.193 e. The van der Waals surface area contributed by atoms with Gasteiger partial charge in [0, 0.05) is 30.4 Å². The maximum atomic E-state index is 4.61. The van der Waals surface area contributed by atoms with E-state index in [1.165, 1.54) is 11.8 Å². The van der Waals surface area contributed by atoms with Gasteiger partial charge in [-0.15, -0.1) is 0 Å². The van der Waals surface area contributed by atoms with E-state index in [4.69, 9.17) is 0 Å². The SMILES string of the molecule is CCNc1cc(Sc2ncccn2)nc(C(C)(C)C)n1. The summed E-state index contributed by atoms with van der Waals surface area (Å²) in [5.74, 6) is 1.65. The summed E-state index contributed by atoms with van der Waals surface area (Å²) in [6, 6.07) is 3.73. The van der Waals surface area contributed by atoms with Crippen LogP contribution in [0, 0.1) is 0 Å². The lowest BCUT2D eigenvalue weighted by atomic mass is 9.96. The van der Waals surface area contributed by atoms with E-state index >= 15 is 0 Å². The lowest BCUT2D eigenvalue weighted by Crippen LogP contribution is -2.17. The van der Waals surface area contributed by atoms with Gasteiger partial charge in [-0.3, -0.25) is 0 Å². The molecule has 5 nitrogen and oxygen atoms in total. The van der Waals surface area contributed by atoms with Crippen LogP contribution in [-0.4, -0.2) is 26.5 Å². The molecule has 0 aliphatic heterocycles. The molecule has 6 heteroatoms. The van der Waals surface area contributed by atoms with E-state index in [1.54, 1.807) is 18.5 Å². The van der Waals surface area contributed by atoms with E-state index in [1.807, 2.05) is 13.0 Å². The van der Waals surface area contributed by atoms with Crippen molar-refractivity contribution in [2.24, 2.45) is 0 Å². The fourth-order valence-electron chi connectivity index (χ4n) is 1.52. The Morgan fingerprint density at radius 2 is 1.85 bits per heavy atom. The summed E-state index contributed by atoms with van der Waals surface area (Å²) in [5, 5.41) is 4.78. The van der Waals surface area contributed by atoms with Crippen molar-refractivity contribution in [3.05, 3.63) is 30.4 Å². The van der Waals surface area contributed by atoms with Crippen LogP contribution in [0.25, 0.3) is 0 Å². The topological polar surface area (TPSA) is 63.6 Å². The van der Waals surface area contributed by atoms with Crippen molar-refractivity contribution in [1.29, 1.82) is 0 Å². The van der Waals surface area contributed by atoms with Crippen LogP contribution < -0.4 is 5.32 Å². The van der Waals surface area contributed by atoms with E-state index in [0.717, 1.165) is 23.2 Å². The fourth-order valence-corrected chi connectivity index (χ4v) is 2.23. The van der Waals surface area contributed by atoms with Crippen molar-refractivity contribution in [2.45, 2.75) is 43.3 Å². The van der Waals surface area contributed by atoms with Gasteiger partial charge in [0.15, 0.2) is 5.16 Å². The van der Waals surface area contributed by atoms with Crippen molar-refractivity contribution in [3.8, 4) is 0 Å². The molecule has 0 spiro atoms. The molecular weight excluding hydrogens is 270 g/mol. The highest BCUT2D eigenvalue weighted by Gasteiger charge is 2.19. The highest BCUT2D eigenvalue weighted by atomic mass is 32.2. The first-order valence-electron chi connectivity index (χ1n) is 6.57. The zero-order valence-electron chi connectivity index (χ0n) is 12.2. The first-order valence-corrected chi connectivity index (χ1v) is 7.39. The third kappa shape index (κ3) is 3.90. The summed E-state index contributed by atoms with van der Waals surface area (Å²) < 4.78 is 0. The van der Waals surface area contributed by atoms with Crippen molar-refractivity contribution >= 4 is 17.6 Å². The second-order valence-electron chi connectivity index (χ2n) is 5.33. The van der Waals surface area contributed by atoms with Gasteiger partial charge >= 0.3 is 0 Å². The fraction of sp³-hybridized carbons (Fsp3) is 0.429. The molecule has 0 bridgehead atoms. The summed E-state index contributed by atoms with van der Waals surface area (Å²) in [7, 11) is 0. The molecule has 2 heterocycles. The van der Waals surface area contributed by atoms with Crippen LogP contribution in [0.15, 0.2) is 34.7 Å². The molecule has 0 atom stereocenters. The van der Waals surface area contributed by atoms with Crippen LogP contribution >= 0.6 is 11.8 Å². The summed E-state index contributed by atoms with van der Waals surface area (Å²) in [6.07, 6.45) is 3.46. The van der Waals surface area contributed by atoms with Gasteiger partial charge < -0.3 is 5.32 Å². The minimum absolute atomic E-state index is 0.0989. The number of nitrogens with zero attached hydrogens (tertiary/aromatic N) is 4. The lowest BCUT2D eigenvalue weighted by molar-refractivity contribution is 0.539. The van der Waals surface area contributed by atoms with Gasteiger partial charge in [-0.05, 0) is 24.8 Å². The molecule has 0 saturated carbocycles. The van der Waals surface area contributed by atoms with Crippen molar-refractivity contribution < 1.29 is 0 Å². The molecule has 1 N–H and O–H groups in total. The minimum atomic E-state index is -0.0989. The maximum absolute atomic E-state index is 4.61. The third-order valence-electron chi connectivity index (χ3n) is 2.47. The molecule has 0 amide bonds. The number of aromatic nitrogens is 4. The van der Waals surface area contributed by atoms with Crippen LogP contribution in [-0.2, 0) is 5.41 Å². The third-order valence-corrected chi connectivity index (χ3v) is 3.28. The lowest BCUT2D eigenvalue weighted by Gasteiger charge is -2.18. The second-order valence-corrected chi connectivity index (χ2v) is 6.32. The zero-order chi connectivity index (χ0) is 14.6. The normalized spacial score (nSPS) is 11.4. The van der Waals surface area contributed by atoms with Crippen LogP contribution in [0.1, 0.15) is 33.5 Å². The summed E-state index contributed by atoms with van der Waals surface area (Å²) >= 11 is 1.44. The Morgan fingerprint density at radius 3 is 2.45 bits per heavy atom. The van der Waals surface area contributed by atoms with Crippen LogP contribution in [0.2, 0.25) is 0 Å². The number of hydrogen-bond acceptors (Lipinski definition) is 6. The summed E-state index contributed by atoms with van der Waals surface area (Å²) in [6.45, 7) is 9.18. The Hall–Kier alpha value is -1.69. The molecule has 2 aromatic heterocycles. The van der Waals surface area contributed by atoms with E-state index in [2.05, 4.69) is 46.0 Å². The molecule has 106 valence electrons. The van der Waals surface area contributed by atoms with Crippen molar-refractivity contribution in [3.63, 3.8) is 0 Å². The van der Waals surface area contributed by atoms with Crippen LogP contribution in [0.3, 0.4) is 0 Å². The van der Waals surface area contributed by atoms with E-state index in [-0.39, 0.29) is 5.41 Å². The Bertz CT molecular complexity index is 566. The standard InChI is InChI=1S/C14H19N5S/c1-5-15-10-9-11(19-12(18-10)14(2,3)4)20-13-16-7-6-8-17-13/h6-9H,5H2,1-4H3,(H,15,18,19). The van der Waals surface area contributed by atoms with Crippen LogP contribution in [0.4, 0.5) is 5.82 Å². The molecule has 20 heavy (non-hydrogen) atoms. The first-order chi connectivity index (χ1) is 9.49. The number of rotatable bonds is 4. The van der Waals surface area contributed by atoms with Crippen molar-refractivity contribution in [1.82, 2.24) is 19.9 Å². The first kappa shape index (κ1) is 14.7. The van der Waals surface area contributed by atoms with E-state index in [9.17, 15) is 0 Å². The van der Waals surface area contributed by atoms with Gasteiger partial charge in [-0.25, -0.2) is 19.9 Å². The molecule has 0 saturated heterocycles. The van der Waals surface area contributed by atoms with Crippen LogP contribution in [0.5, 0.6) is 0 Å². The highest BCUT2D eigenvalue weighted by molar-refractivity contribution is 7.99. The van der Waals surface area contributed by atoms with Gasteiger partial charge in [-0.1, -0.05) is 20.8 Å². The Labute approximate surface area is 123 Å². The average Bonchev–Trinajstić information content (AvgIpc) is 2.39. The van der Waals surface area contributed by atoms with Crippen molar-refractivity contribution in [2.75, 3.05) is 11.9 Å². The summed E-state index contributed by atoms with van der Waals surface area (Å²) in [5.41, 5.74) is -0.0989. The molecule has 0 fully saturated rings. The number of nitrogens with one attached hydrogen (secondary N) is 1. The highest BCUT2D eigenvalue weighted by Crippen LogP contribution is 2.27. The zero-order valence-corrected chi connectivity index (χ0v) is 13.0. The van der Waals surface area contributed by atoms with Gasteiger partial charge in [0.2, 0.25) is 0 Å². The number of anilines is 1. The minimum Gasteiger partial charge on any atom is -0.370 e. The molecule has 0 aliphatic rings. The predicted octanol–water partition coefficient (Wildman–Crippen LogP) is 3.15. The summed E-state index contributed by atoms with van der Waals surface area (Å²) in [4.78, 5) is 17.6. The molecule has 0 unspecified atom stereocenters. The largest absolute Gasteiger partial charge is 0.370 e. The van der Waals surface area contributed by atoms with E-state index in [0.29, 0.717) is 5.16 Å². The van der Waals surface area contributed by atoms with Gasteiger partial charge in [0.1, 0.15) is 16.7 Å². The Morgan fingerprint density at radius 1 is 1.15 bits per heavy atom. The quantitative estimate of drug-likeness (QED) is 0.689. The molecule has 2 rings (SSSR count). The Kier molecular flexibility index (Phi) is 4.54. The monoisotopic (exact) mass is 289 g/mol. The molecule has 0 aliphatic carbocycles. The Balaban J connectivity index is 2.34. The predicted molar refractivity (Wildman–Crippen MR) is 81.1 cm³/mol. The molecule has 0 aromatic carbocycles. The average molecular weight is 289 g/mol. The smallest absolute Gasteiger partial charge is 0.193 e.